The number of imidazole rings is 1. The lowest BCUT2D eigenvalue weighted by molar-refractivity contribution is -0.142. The maximum Gasteiger partial charge on any atom is 0.326 e. The number of carboxylic acid groups (broad SMARTS) is 1. The molecule has 1 heterocycles. The van der Waals surface area contributed by atoms with Gasteiger partial charge in [0.05, 0.1) is 6.33 Å². The summed E-state index contributed by atoms with van der Waals surface area (Å²) in [5, 5.41) is 11.9. The Morgan fingerprint density at radius 3 is 2.62 bits per heavy atom. The number of aromatic amines is 1. The van der Waals surface area contributed by atoms with Crippen LogP contribution in [0.4, 0.5) is 0 Å². The molecule has 0 bridgehead atoms. The van der Waals surface area contributed by atoms with Gasteiger partial charge in [-0.05, 0) is 18.8 Å². The molecular weight excluding hydrogens is 270 g/mol. The zero-order chi connectivity index (χ0) is 15.1. The summed E-state index contributed by atoms with van der Waals surface area (Å²) in [4.78, 5) is 30.0. The average molecular weight is 293 g/mol. The number of aromatic nitrogens is 2. The standard InChI is InChI=1S/C15H23N3O3/c19-14(7-11-5-3-1-2-4-6-11)18-13(15(20)21)8-12-9-16-10-17-12/h9-11,13H,1-8H2,(H,16,17)(H,18,19)(H,20,21)/t13-/m1/s1. The number of rotatable bonds is 6. The second-order valence-electron chi connectivity index (χ2n) is 5.80. The summed E-state index contributed by atoms with van der Waals surface area (Å²) in [6.45, 7) is 0. The molecule has 0 aliphatic heterocycles. The molecule has 1 aromatic rings. The Balaban J connectivity index is 1.84. The molecule has 1 atom stereocenters. The van der Waals surface area contributed by atoms with Crippen LogP contribution in [0.25, 0.3) is 0 Å². The first-order chi connectivity index (χ1) is 10.1. The fraction of sp³-hybridized carbons (Fsp3) is 0.667. The SMILES string of the molecule is O=C(CC1CCCCCC1)N[C@H](Cc1cnc[nH]1)C(=O)O. The Morgan fingerprint density at radius 2 is 2.05 bits per heavy atom. The molecule has 6 heteroatoms. The van der Waals surface area contributed by atoms with Gasteiger partial charge in [-0.3, -0.25) is 4.79 Å². The van der Waals surface area contributed by atoms with Gasteiger partial charge in [0, 0.05) is 24.7 Å². The maximum absolute atomic E-state index is 12.1. The molecule has 1 fully saturated rings. The number of H-pyrrole nitrogens is 1. The van der Waals surface area contributed by atoms with Crippen LogP contribution in [0.15, 0.2) is 12.5 Å². The minimum atomic E-state index is -1.01. The Bertz CT molecular complexity index is 451. The van der Waals surface area contributed by atoms with E-state index in [0.717, 1.165) is 12.8 Å². The molecule has 2 rings (SSSR count). The Kier molecular flexibility index (Phi) is 5.78. The Labute approximate surface area is 124 Å². The van der Waals surface area contributed by atoms with E-state index >= 15 is 0 Å². The van der Waals surface area contributed by atoms with Crippen LogP contribution in [0, 0.1) is 5.92 Å². The molecule has 1 aliphatic rings. The molecule has 3 N–H and O–H groups in total. The molecule has 1 aromatic heterocycles. The molecule has 1 aliphatic carbocycles. The second kappa shape index (κ2) is 7.81. The number of amides is 1. The summed E-state index contributed by atoms with van der Waals surface area (Å²) >= 11 is 0. The van der Waals surface area contributed by atoms with Gasteiger partial charge in [-0.25, -0.2) is 9.78 Å². The number of carboxylic acids is 1. The van der Waals surface area contributed by atoms with Gasteiger partial charge in [0.15, 0.2) is 0 Å². The second-order valence-corrected chi connectivity index (χ2v) is 5.80. The molecule has 0 aromatic carbocycles. The molecule has 1 amide bonds. The molecule has 6 nitrogen and oxygen atoms in total. The molecule has 0 spiro atoms. The third-order valence-corrected chi connectivity index (χ3v) is 4.06. The predicted octanol–water partition coefficient (Wildman–Crippen LogP) is 1.88. The van der Waals surface area contributed by atoms with Gasteiger partial charge in [0.2, 0.25) is 5.91 Å². The zero-order valence-corrected chi connectivity index (χ0v) is 12.2. The van der Waals surface area contributed by atoms with E-state index in [9.17, 15) is 14.7 Å². The van der Waals surface area contributed by atoms with Gasteiger partial charge in [-0.15, -0.1) is 0 Å². The van der Waals surface area contributed by atoms with Crippen molar-refractivity contribution in [2.45, 2.75) is 57.4 Å². The third kappa shape index (κ3) is 5.21. The number of aliphatic carboxylic acids is 1. The van der Waals surface area contributed by atoms with Crippen molar-refractivity contribution >= 4 is 11.9 Å². The first kappa shape index (κ1) is 15.5. The van der Waals surface area contributed by atoms with E-state index in [4.69, 9.17) is 0 Å². The van der Waals surface area contributed by atoms with Gasteiger partial charge < -0.3 is 15.4 Å². The fourth-order valence-corrected chi connectivity index (χ4v) is 2.90. The van der Waals surface area contributed by atoms with Crippen molar-refractivity contribution in [1.29, 1.82) is 0 Å². The van der Waals surface area contributed by atoms with Crippen molar-refractivity contribution < 1.29 is 14.7 Å². The minimum absolute atomic E-state index is 0.159. The highest BCUT2D eigenvalue weighted by Gasteiger charge is 2.23. The molecule has 116 valence electrons. The highest BCUT2D eigenvalue weighted by Crippen LogP contribution is 2.25. The minimum Gasteiger partial charge on any atom is -0.480 e. The van der Waals surface area contributed by atoms with E-state index in [0.29, 0.717) is 18.0 Å². The number of carbonyl (C=O) groups excluding carboxylic acids is 1. The van der Waals surface area contributed by atoms with Crippen molar-refractivity contribution in [3.63, 3.8) is 0 Å². The third-order valence-electron chi connectivity index (χ3n) is 4.06. The van der Waals surface area contributed by atoms with E-state index in [1.54, 1.807) is 6.20 Å². The van der Waals surface area contributed by atoms with Crippen molar-refractivity contribution in [3.05, 3.63) is 18.2 Å². The molecule has 0 saturated heterocycles. The van der Waals surface area contributed by atoms with E-state index in [1.165, 1.54) is 32.0 Å². The normalized spacial score (nSPS) is 17.9. The van der Waals surface area contributed by atoms with Gasteiger partial charge in [-0.1, -0.05) is 25.7 Å². The monoisotopic (exact) mass is 293 g/mol. The maximum atomic E-state index is 12.1. The zero-order valence-electron chi connectivity index (χ0n) is 12.2. The summed E-state index contributed by atoms with van der Waals surface area (Å²) in [5.41, 5.74) is 0.706. The lowest BCUT2D eigenvalue weighted by Gasteiger charge is -2.17. The predicted molar refractivity (Wildman–Crippen MR) is 77.7 cm³/mol. The molecule has 1 saturated carbocycles. The van der Waals surface area contributed by atoms with E-state index < -0.39 is 12.0 Å². The van der Waals surface area contributed by atoms with E-state index in [1.807, 2.05) is 0 Å². The van der Waals surface area contributed by atoms with Gasteiger partial charge in [-0.2, -0.15) is 0 Å². The van der Waals surface area contributed by atoms with Crippen LogP contribution in [-0.2, 0) is 16.0 Å². The number of hydrogen-bond acceptors (Lipinski definition) is 3. The smallest absolute Gasteiger partial charge is 0.326 e. The Morgan fingerprint density at radius 1 is 1.33 bits per heavy atom. The summed E-state index contributed by atoms with van der Waals surface area (Å²) in [5.74, 6) is -0.776. The van der Waals surface area contributed by atoms with Crippen molar-refractivity contribution in [2.75, 3.05) is 0 Å². The number of nitrogens with zero attached hydrogens (tertiary/aromatic N) is 1. The van der Waals surface area contributed by atoms with E-state index in [-0.39, 0.29) is 12.3 Å². The summed E-state index contributed by atoms with van der Waals surface area (Å²) in [6.07, 6.45) is 10.7. The van der Waals surface area contributed by atoms with Crippen molar-refractivity contribution in [3.8, 4) is 0 Å². The van der Waals surface area contributed by atoms with Crippen LogP contribution < -0.4 is 5.32 Å². The highest BCUT2D eigenvalue weighted by molar-refractivity contribution is 5.83. The van der Waals surface area contributed by atoms with Crippen LogP contribution in [-0.4, -0.2) is 33.0 Å². The lowest BCUT2D eigenvalue weighted by Crippen LogP contribution is -2.42. The number of hydrogen-bond donors (Lipinski definition) is 3. The summed E-state index contributed by atoms with van der Waals surface area (Å²) in [7, 11) is 0. The fourth-order valence-electron chi connectivity index (χ4n) is 2.90. The Hall–Kier alpha value is -1.85. The molecule has 21 heavy (non-hydrogen) atoms. The average Bonchev–Trinajstić information content (AvgIpc) is 2.81. The molecule has 0 radical (unpaired) electrons. The quantitative estimate of drug-likeness (QED) is 0.698. The van der Waals surface area contributed by atoms with Gasteiger partial charge >= 0.3 is 5.97 Å². The largest absolute Gasteiger partial charge is 0.480 e. The summed E-state index contributed by atoms with van der Waals surface area (Å²) < 4.78 is 0. The molecular formula is C15H23N3O3. The summed E-state index contributed by atoms with van der Waals surface area (Å²) in [6, 6.07) is -0.899. The molecule has 0 unspecified atom stereocenters. The van der Waals surface area contributed by atoms with E-state index in [2.05, 4.69) is 15.3 Å². The van der Waals surface area contributed by atoms with Crippen LogP contribution in [0.5, 0.6) is 0 Å². The lowest BCUT2D eigenvalue weighted by atomic mass is 9.96. The van der Waals surface area contributed by atoms with Crippen LogP contribution >= 0.6 is 0 Å². The van der Waals surface area contributed by atoms with Crippen LogP contribution in [0.1, 0.15) is 50.6 Å². The first-order valence-electron chi connectivity index (χ1n) is 7.64. The van der Waals surface area contributed by atoms with Gasteiger partial charge in [0.25, 0.3) is 0 Å². The number of nitrogens with one attached hydrogen (secondary N) is 2. The van der Waals surface area contributed by atoms with Crippen LogP contribution in [0.3, 0.4) is 0 Å². The first-order valence-corrected chi connectivity index (χ1v) is 7.64. The highest BCUT2D eigenvalue weighted by atomic mass is 16.4. The van der Waals surface area contributed by atoms with Crippen molar-refractivity contribution in [2.24, 2.45) is 5.92 Å². The van der Waals surface area contributed by atoms with Crippen molar-refractivity contribution in [1.82, 2.24) is 15.3 Å². The van der Waals surface area contributed by atoms with Gasteiger partial charge in [0.1, 0.15) is 6.04 Å². The number of carbonyl (C=O) groups is 2. The topological polar surface area (TPSA) is 95.1 Å². The van der Waals surface area contributed by atoms with Crippen LogP contribution in [0.2, 0.25) is 0 Å².